The van der Waals surface area contributed by atoms with E-state index >= 15 is 0 Å². The summed E-state index contributed by atoms with van der Waals surface area (Å²) < 4.78 is 2.02. The number of benzene rings is 1. The third-order valence-corrected chi connectivity index (χ3v) is 6.32. The van der Waals surface area contributed by atoms with Crippen LogP contribution in [0.1, 0.15) is 43.0 Å². The highest BCUT2D eigenvalue weighted by Gasteiger charge is 2.20. The van der Waals surface area contributed by atoms with Gasteiger partial charge in [-0.25, -0.2) is 4.52 Å². The Bertz CT molecular complexity index is 1270. The summed E-state index contributed by atoms with van der Waals surface area (Å²) in [6.07, 6.45) is 3.12. The largest absolute Gasteiger partial charge is 0.481 e. The lowest BCUT2D eigenvalue weighted by atomic mass is 9.93. The summed E-state index contributed by atoms with van der Waals surface area (Å²) in [6, 6.07) is 18.2. The van der Waals surface area contributed by atoms with Crippen molar-refractivity contribution in [3.8, 4) is 27.8 Å². The average Bonchev–Trinajstić information content (AvgIpc) is 3.45. The van der Waals surface area contributed by atoms with E-state index in [9.17, 15) is 10.1 Å². The molecule has 0 atom stereocenters. The average molecular weight is 430 g/mol. The molecule has 0 aliphatic heterocycles. The van der Waals surface area contributed by atoms with Crippen LogP contribution in [-0.2, 0) is 17.6 Å². The minimum Gasteiger partial charge on any atom is -0.481 e. The van der Waals surface area contributed by atoms with Crippen LogP contribution >= 0.6 is 11.3 Å². The number of aliphatic carboxylic acids is 1. The molecule has 5 nitrogen and oxygen atoms in total. The molecule has 3 aromatic heterocycles. The van der Waals surface area contributed by atoms with Crippen LogP contribution in [0.5, 0.6) is 0 Å². The number of carboxylic acids is 1. The van der Waals surface area contributed by atoms with Crippen LogP contribution in [0, 0.1) is 11.3 Å². The Balaban J connectivity index is 1.96. The van der Waals surface area contributed by atoms with Crippen molar-refractivity contribution in [2.45, 2.75) is 39.0 Å². The number of unbranched alkanes of at least 4 members (excludes halogenated alkanes) is 1. The molecule has 0 bridgehead atoms. The molecule has 0 fully saturated rings. The summed E-state index contributed by atoms with van der Waals surface area (Å²) >= 11 is 1.65. The molecule has 31 heavy (non-hydrogen) atoms. The SMILES string of the molecule is CCc1ccc2c(-c3cccc(C#N)c3)c(CCCCC(=O)O)c(-c3cccs3)nn12. The molecule has 1 aromatic carbocycles. The summed E-state index contributed by atoms with van der Waals surface area (Å²) in [5.41, 5.74) is 6.86. The van der Waals surface area contributed by atoms with E-state index in [0.717, 1.165) is 57.7 Å². The second kappa shape index (κ2) is 9.15. The number of rotatable bonds is 8. The maximum atomic E-state index is 11.0. The van der Waals surface area contributed by atoms with Crippen molar-refractivity contribution in [2.75, 3.05) is 0 Å². The molecule has 0 spiro atoms. The molecule has 0 aliphatic rings. The van der Waals surface area contributed by atoms with Crippen LogP contribution in [0.15, 0.2) is 53.9 Å². The molecule has 0 saturated heterocycles. The maximum Gasteiger partial charge on any atom is 0.303 e. The minimum atomic E-state index is -0.770. The topological polar surface area (TPSA) is 78.4 Å². The van der Waals surface area contributed by atoms with Crippen molar-refractivity contribution in [1.29, 1.82) is 5.26 Å². The van der Waals surface area contributed by atoms with E-state index in [1.165, 1.54) is 0 Å². The number of aryl methyl sites for hydroxylation is 1. The highest BCUT2D eigenvalue weighted by Crippen LogP contribution is 2.38. The molecular formula is C25H23N3O2S. The second-order valence-corrected chi connectivity index (χ2v) is 8.40. The number of nitriles is 1. The molecule has 0 radical (unpaired) electrons. The van der Waals surface area contributed by atoms with Gasteiger partial charge < -0.3 is 5.11 Å². The fraction of sp³-hybridized carbons (Fsp3) is 0.240. The van der Waals surface area contributed by atoms with E-state index in [2.05, 4.69) is 31.2 Å². The quantitative estimate of drug-likeness (QED) is 0.350. The Labute approximate surface area is 185 Å². The van der Waals surface area contributed by atoms with Crippen molar-refractivity contribution >= 4 is 22.8 Å². The Kier molecular flexibility index (Phi) is 6.15. The fourth-order valence-corrected chi connectivity index (χ4v) is 4.71. The third-order valence-electron chi connectivity index (χ3n) is 5.44. The first-order valence-electron chi connectivity index (χ1n) is 10.4. The van der Waals surface area contributed by atoms with E-state index in [1.807, 2.05) is 40.2 Å². The number of fused-ring (bicyclic) bond motifs is 1. The number of hydrogen-bond donors (Lipinski definition) is 1. The van der Waals surface area contributed by atoms with Gasteiger partial charge in [-0.05, 0) is 72.5 Å². The number of nitrogens with zero attached hydrogens (tertiary/aromatic N) is 3. The van der Waals surface area contributed by atoms with Crippen molar-refractivity contribution < 1.29 is 9.90 Å². The minimum absolute atomic E-state index is 0.161. The molecule has 0 amide bonds. The molecule has 0 saturated carbocycles. The van der Waals surface area contributed by atoms with Crippen molar-refractivity contribution in [3.63, 3.8) is 0 Å². The van der Waals surface area contributed by atoms with Gasteiger partial charge in [-0.2, -0.15) is 10.4 Å². The Morgan fingerprint density at radius 3 is 2.77 bits per heavy atom. The monoisotopic (exact) mass is 429 g/mol. The van der Waals surface area contributed by atoms with Crippen molar-refractivity contribution in [2.24, 2.45) is 0 Å². The summed E-state index contributed by atoms with van der Waals surface area (Å²) in [6.45, 7) is 2.12. The lowest BCUT2D eigenvalue weighted by Gasteiger charge is -2.17. The molecule has 4 rings (SSSR count). The third kappa shape index (κ3) is 4.23. The van der Waals surface area contributed by atoms with Gasteiger partial charge in [0, 0.05) is 17.7 Å². The zero-order valence-electron chi connectivity index (χ0n) is 17.3. The van der Waals surface area contributed by atoms with Crippen molar-refractivity contribution in [3.05, 3.63) is 70.7 Å². The first kappa shape index (κ1) is 20.8. The number of hydrogen-bond acceptors (Lipinski definition) is 4. The number of thiophene rings is 1. The lowest BCUT2D eigenvalue weighted by molar-refractivity contribution is -0.137. The molecular weight excluding hydrogens is 406 g/mol. The van der Waals surface area contributed by atoms with Gasteiger partial charge in [-0.1, -0.05) is 25.1 Å². The normalized spacial score (nSPS) is 11.0. The zero-order chi connectivity index (χ0) is 21.8. The highest BCUT2D eigenvalue weighted by atomic mass is 32.1. The van der Waals surface area contributed by atoms with Crippen LogP contribution in [-0.4, -0.2) is 20.7 Å². The van der Waals surface area contributed by atoms with Crippen LogP contribution < -0.4 is 0 Å². The molecule has 3 heterocycles. The molecule has 4 aromatic rings. The number of aromatic nitrogens is 2. The van der Waals surface area contributed by atoms with Gasteiger partial charge in [0.1, 0.15) is 5.69 Å². The van der Waals surface area contributed by atoms with Crippen LogP contribution in [0.25, 0.3) is 27.2 Å². The number of carbonyl (C=O) groups is 1. The van der Waals surface area contributed by atoms with Gasteiger partial charge in [0.05, 0.1) is 22.0 Å². The van der Waals surface area contributed by atoms with E-state index in [1.54, 1.807) is 11.3 Å². The summed E-state index contributed by atoms with van der Waals surface area (Å²) in [4.78, 5) is 12.1. The molecule has 156 valence electrons. The number of carboxylic acid groups (broad SMARTS) is 1. The standard InChI is InChI=1S/C25H23N3O2S/c1-2-19-12-13-21-24(18-8-5-7-17(15-18)16-26)20(9-3-4-11-23(29)30)25(27-28(19)21)22-10-6-14-31-22/h5-8,10,12-15H,2-4,9,11H2,1H3,(H,29,30). The molecule has 0 aliphatic carbocycles. The van der Waals surface area contributed by atoms with E-state index in [4.69, 9.17) is 10.2 Å². The van der Waals surface area contributed by atoms with Gasteiger partial charge >= 0.3 is 5.97 Å². The molecule has 1 N–H and O–H groups in total. The maximum absolute atomic E-state index is 11.0. The predicted molar refractivity (Wildman–Crippen MR) is 123 cm³/mol. The van der Waals surface area contributed by atoms with E-state index in [0.29, 0.717) is 12.0 Å². The van der Waals surface area contributed by atoms with Crippen LogP contribution in [0.3, 0.4) is 0 Å². The Morgan fingerprint density at radius 2 is 2.06 bits per heavy atom. The smallest absolute Gasteiger partial charge is 0.303 e. The van der Waals surface area contributed by atoms with Gasteiger partial charge in [-0.15, -0.1) is 11.3 Å². The Hall–Kier alpha value is -3.43. The first-order chi connectivity index (χ1) is 15.1. The zero-order valence-corrected chi connectivity index (χ0v) is 18.2. The fourth-order valence-electron chi connectivity index (χ4n) is 3.98. The van der Waals surface area contributed by atoms with Gasteiger partial charge in [0.25, 0.3) is 0 Å². The molecule has 6 heteroatoms. The van der Waals surface area contributed by atoms with Crippen LogP contribution in [0.2, 0.25) is 0 Å². The van der Waals surface area contributed by atoms with E-state index in [-0.39, 0.29) is 6.42 Å². The Morgan fingerprint density at radius 1 is 1.19 bits per heavy atom. The van der Waals surface area contributed by atoms with E-state index < -0.39 is 5.97 Å². The summed E-state index contributed by atoms with van der Waals surface area (Å²) in [5.74, 6) is -0.770. The van der Waals surface area contributed by atoms with Crippen LogP contribution in [0.4, 0.5) is 0 Å². The molecule has 0 unspecified atom stereocenters. The summed E-state index contributed by atoms with van der Waals surface area (Å²) in [7, 11) is 0. The first-order valence-corrected chi connectivity index (χ1v) is 11.3. The highest BCUT2D eigenvalue weighted by molar-refractivity contribution is 7.13. The van der Waals surface area contributed by atoms with Gasteiger partial charge in [-0.3, -0.25) is 4.79 Å². The van der Waals surface area contributed by atoms with Gasteiger partial charge in [0.15, 0.2) is 0 Å². The predicted octanol–water partition coefficient (Wildman–Crippen LogP) is 5.96. The van der Waals surface area contributed by atoms with Crippen molar-refractivity contribution in [1.82, 2.24) is 9.61 Å². The summed E-state index contributed by atoms with van der Waals surface area (Å²) in [5, 5.41) is 25.6. The lowest BCUT2D eigenvalue weighted by Crippen LogP contribution is -2.06. The van der Waals surface area contributed by atoms with Gasteiger partial charge in [0.2, 0.25) is 0 Å². The second-order valence-electron chi connectivity index (χ2n) is 7.45.